The highest BCUT2D eigenvalue weighted by Gasteiger charge is 2.27. The number of likely N-dealkylation sites (N-methyl/N-ethyl adjacent to an activating group) is 1. The highest BCUT2D eigenvalue weighted by Crippen LogP contribution is 2.43. The molecule has 418 valence electrons. The summed E-state index contributed by atoms with van der Waals surface area (Å²) in [6.45, 7) is 4.88. The highest BCUT2D eigenvalue weighted by atomic mass is 31.2. The molecule has 0 saturated carbocycles. The van der Waals surface area contributed by atoms with Crippen molar-refractivity contribution in [2.24, 2.45) is 0 Å². The monoisotopic (exact) mass is 1010 g/mol. The minimum absolute atomic E-state index is 0.0653. The van der Waals surface area contributed by atoms with E-state index < -0.39 is 20.0 Å². The summed E-state index contributed by atoms with van der Waals surface area (Å²) >= 11 is 0. The standard InChI is InChI=1S/C61H123N2O6P/c1-6-8-10-12-14-16-18-20-22-24-26-28-29-30-31-32-33-35-37-39-41-43-45-47-49-51-53-55-61(65)62-59(58-69-70(66,67)68-57-56-63(3,4)5)60(64)54-52-50-48-46-44-42-40-38-36-34-27-25-23-21-19-17-15-13-11-9-7-2/h52,54,59-60,64H,6-51,53,55-58H2,1-5H3,(H-,62,65,66,67)/p+1/b54-52+. The first kappa shape index (κ1) is 69.2. The molecule has 0 heterocycles. The number of aliphatic hydroxyl groups excluding tert-OH is 1. The van der Waals surface area contributed by atoms with Crippen LogP contribution < -0.4 is 5.32 Å². The predicted molar refractivity (Wildman–Crippen MR) is 305 cm³/mol. The summed E-state index contributed by atoms with van der Waals surface area (Å²) < 4.78 is 23.8. The molecule has 9 heteroatoms. The molecule has 0 aliphatic rings. The van der Waals surface area contributed by atoms with E-state index >= 15 is 0 Å². The van der Waals surface area contributed by atoms with Crippen molar-refractivity contribution in [3.8, 4) is 0 Å². The fourth-order valence-corrected chi connectivity index (χ4v) is 10.4. The number of phosphoric ester groups is 1. The average molecular weight is 1010 g/mol. The van der Waals surface area contributed by atoms with E-state index in [4.69, 9.17) is 9.05 Å². The number of amides is 1. The van der Waals surface area contributed by atoms with Gasteiger partial charge in [0.25, 0.3) is 0 Å². The lowest BCUT2D eigenvalue weighted by atomic mass is 10.0. The van der Waals surface area contributed by atoms with Crippen LogP contribution in [-0.2, 0) is 18.4 Å². The summed E-state index contributed by atoms with van der Waals surface area (Å²) in [6, 6.07) is -0.842. The highest BCUT2D eigenvalue weighted by molar-refractivity contribution is 7.47. The fraction of sp³-hybridized carbons (Fsp3) is 0.951. The minimum atomic E-state index is -4.34. The van der Waals surface area contributed by atoms with Gasteiger partial charge in [-0.2, -0.15) is 0 Å². The van der Waals surface area contributed by atoms with Crippen LogP contribution in [0.25, 0.3) is 0 Å². The Morgan fingerprint density at radius 3 is 1.06 bits per heavy atom. The molecule has 3 unspecified atom stereocenters. The van der Waals surface area contributed by atoms with E-state index in [1.54, 1.807) is 6.08 Å². The van der Waals surface area contributed by atoms with Crippen molar-refractivity contribution in [2.75, 3.05) is 40.9 Å². The van der Waals surface area contributed by atoms with Gasteiger partial charge < -0.3 is 19.8 Å². The van der Waals surface area contributed by atoms with Crippen LogP contribution in [0.2, 0.25) is 0 Å². The predicted octanol–water partition coefficient (Wildman–Crippen LogP) is 19.0. The van der Waals surface area contributed by atoms with Crippen molar-refractivity contribution in [1.82, 2.24) is 5.32 Å². The number of carbonyl (C=O) groups excluding carboxylic acids is 1. The van der Waals surface area contributed by atoms with E-state index in [1.807, 2.05) is 27.2 Å². The van der Waals surface area contributed by atoms with Gasteiger partial charge in [-0.3, -0.25) is 13.8 Å². The lowest BCUT2D eigenvalue weighted by Gasteiger charge is -2.25. The Bertz CT molecular complexity index is 1150. The molecular weight excluding hydrogens is 888 g/mol. The summed E-state index contributed by atoms with van der Waals surface area (Å²) in [6.07, 6.45) is 66.1. The lowest BCUT2D eigenvalue weighted by molar-refractivity contribution is -0.870. The third kappa shape index (κ3) is 55.0. The Hall–Kier alpha value is -0.760. The number of carbonyl (C=O) groups is 1. The number of hydrogen-bond acceptors (Lipinski definition) is 5. The second kappa shape index (κ2) is 53.1. The Morgan fingerprint density at radius 2 is 0.757 bits per heavy atom. The molecule has 70 heavy (non-hydrogen) atoms. The van der Waals surface area contributed by atoms with Crippen molar-refractivity contribution >= 4 is 13.7 Å². The number of unbranched alkanes of at least 4 members (excludes halogenated alkanes) is 45. The fourth-order valence-electron chi connectivity index (χ4n) is 9.63. The third-order valence-electron chi connectivity index (χ3n) is 14.5. The molecule has 0 aliphatic heterocycles. The summed E-state index contributed by atoms with van der Waals surface area (Å²) in [5.41, 5.74) is 0. The van der Waals surface area contributed by atoms with E-state index in [0.29, 0.717) is 17.4 Å². The molecule has 3 N–H and O–H groups in total. The molecule has 0 saturated heterocycles. The van der Waals surface area contributed by atoms with E-state index in [1.165, 1.54) is 270 Å². The van der Waals surface area contributed by atoms with Crippen LogP contribution in [0.3, 0.4) is 0 Å². The van der Waals surface area contributed by atoms with Gasteiger partial charge in [0.1, 0.15) is 13.2 Å². The smallest absolute Gasteiger partial charge is 0.387 e. The van der Waals surface area contributed by atoms with Gasteiger partial charge in [0.05, 0.1) is 39.9 Å². The summed E-state index contributed by atoms with van der Waals surface area (Å²) in [7, 11) is 1.59. The number of rotatable bonds is 58. The number of aliphatic hydroxyl groups is 1. The van der Waals surface area contributed by atoms with Crippen molar-refractivity contribution in [3.63, 3.8) is 0 Å². The molecule has 0 aromatic heterocycles. The number of nitrogens with one attached hydrogen (secondary N) is 1. The maximum absolute atomic E-state index is 13.0. The summed E-state index contributed by atoms with van der Waals surface area (Å²) in [5.74, 6) is -0.168. The van der Waals surface area contributed by atoms with Crippen LogP contribution in [0.5, 0.6) is 0 Å². The number of quaternary nitrogens is 1. The van der Waals surface area contributed by atoms with Crippen molar-refractivity contribution in [2.45, 2.75) is 334 Å². The maximum atomic E-state index is 13.0. The molecule has 1 amide bonds. The van der Waals surface area contributed by atoms with Gasteiger partial charge in [-0.25, -0.2) is 4.57 Å². The first-order chi connectivity index (χ1) is 34.0. The first-order valence-electron chi connectivity index (χ1n) is 31.1. The minimum Gasteiger partial charge on any atom is -0.387 e. The number of hydrogen-bond donors (Lipinski definition) is 3. The number of allylic oxidation sites excluding steroid dienone is 1. The summed E-state index contributed by atoms with van der Waals surface area (Å²) in [4.78, 5) is 23.3. The number of nitrogens with zero attached hydrogens (tertiary/aromatic N) is 1. The molecule has 0 aromatic rings. The molecule has 0 bridgehead atoms. The molecule has 0 spiro atoms. The van der Waals surface area contributed by atoms with E-state index in [9.17, 15) is 19.4 Å². The van der Waals surface area contributed by atoms with E-state index in [-0.39, 0.29) is 19.1 Å². The lowest BCUT2D eigenvalue weighted by Crippen LogP contribution is -2.45. The van der Waals surface area contributed by atoms with Gasteiger partial charge in [-0.05, 0) is 19.3 Å². The molecule has 0 aliphatic carbocycles. The second-order valence-electron chi connectivity index (χ2n) is 22.8. The van der Waals surface area contributed by atoms with Crippen LogP contribution in [-0.4, -0.2) is 73.4 Å². The van der Waals surface area contributed by atoms with Gasteiger partial charge in [0.2, 0.25) is 5.91 Å². The molecule has 0 fully saturated rings. The van der Waals surface area contributed by atoms with Gasteiger partial charge in [0, 0.05) is 6.42 Å². The molecule has 3 atom stereocenters. The van der Waals surface area contributed by atoms with E-state index in [0.717, 1.165) is 32.1 Å². The molecule has 0 rings (SSSR count). The topological polar surface area (TPSA) is 105 Å². The van der Waals surface area contributed by atoms with Crippen molar-refractivity contribution in [1.29, 1.82) is 0 Å². The molecule has 0 aromatic carbocycles. The Balaban J connectivity index is 4.10. The normalized spacial score (nSPS) is 13.9. The quantitative estimate of drug-likeness (QED) is 0.0243. The SMILES string of the molecule is CCCCCCCCCCCCCCCCCCCCC/C=C/C(O)C(COP(=O)(O)OCC[N+](C)(C)C)NC(=O)CCCCCCCCCCCCCCCCCCCCCCCCCCCCC. The zero-order valence-corrected chi connectivity index (χ0v) is 48.7. The van der Waals surface area contributed by atoms with E-state index in [2.05, 4.69) is 19.2 Å². The average Bonchev–Trinajstić information content (AvgIpc) is 3.32. The van der Waals surface area contributed by atoms with Crippen LogP contribution >= 0.6 is 7.82 Å². The molecule has 8 nitrogen and oxygen atoms in total. The Kier molecular flexibility index (Phi) is 52.5. The van der Waals surface area contributed by atoms with Gasteiger partial charge in [0.15, 0.2) is 0 Å². The van der Waals surface area contributed by atoms with Crippen LogP contribution in [0.15, 0.2) is 12.2 Å². The van der Waals surface area contributed by atoms with Crippen LogP contribution in [0, 0.1) is 0 Å². The van der Waals surface area contributed by atoms with Gasteiger partial charge >= 0.3 is 7.82 Å². The second-order valence-corrected chi connectivity index (χ2v) is 24.3. The third-order valence-corrected chi connectivity index (χ3v) is 15.5. The van der Waals surface area contributed by atoms with Crippen LogP contribution in [0.4, 0.5) is 0 Å². The maximum Gasteiger partial charge on any atom is 0.472 e. The Labute approximate surface area is 437 Å². The zero-order chi connectivity index (χ0) is 51.3. The summed E-state index contributed by atoms with van der Waals surface area (Å²) in [5, 5.41) is 14.0. The molecular formula is C61H124N2O6P+. The number of phosphoric acid groups is 1. The first-order valence-corrected chi connectivity index (χ1v) is 32.6. The van der Waals surface area contributed by atoms with Crippen LogP contribution in [0.1, 0.15) is 322 Å². The van der Waals surface area contributed by atoms with Crippen molar-refractivity contribution < 1.29 is 32.9 Å². The Morgan fingerprint density at radius 1 is 0.471 bits per heavy atom. The van der Waals surface area contributed by atoms with Gasteiger partial charge in [-0.15, -0.1) is 0 Å². The molecule has 0 radical (unpaired) electrons. The van der Waals surface area contributed by atoms with Crippen molar-refractivity contribution in [3.05, 3.63) is 12.2 Å². The zero-order valence-electron chi connectivity index (χ0n) is 47.8. The van der Waals surface area contributed by atoms with Gasteiger partial charge in [-0.1, -0.05) is 309 Å². The largest absolute Gasteiger partial charge is 0.472 e.